The summed E-state index contributed by atoms with van der Waals surface area (Å²) in [6.07, 6.45) is 1.62. The van der Waals surface area contributed by atoms with E-state index in [-0.39, 0.29) is 11.3 Å². The molecule has 0 spiro atoms. The van der Waals surface area contributed by atoms with Gasteiger partial charge in [-0.1, -0.05) is 0 Å². The van der Waals surface area contributed by atoms with Crippen molar-refractivity contribution in [1.82, 2.24) is 5.01 Å². The number of primary amides is 1. The van der Waals surface area contributed by atoms with Crippen LogP contribution in [0.2, 0.25) is 0 Å². The first-order chi connectivity index (χ1) is 9.97. The first-order valence-electron chi connectivity index (χ1n) is 6.19. The highest BCUT2D eigenvalue weighted by Gasteiger charge is 2.27. The van der Waals surface area contributed by atoms with Crippen molar-refractivity contribution in [2.24, 2.45) is 5.73 Å². The molecule has 1 aliphatic heterocycles. The molecule has 1 aromatic carbocycles. The third-order valence-electron chi connectivity index (χ3n) is 3.21. The van der Waals surface area contributed by atoms with Crippen molar-refractivity contribution in [2.45, 2.75) is 12.8 Å². The van der Waals surface area contributed by atoms with Crippen LogP contribution in [0.4, 0.5) is 10.1 Å². The zero-order valence-corrected chi connectivity index (χ0v) is 11.8. The van der Waals surface area contributed by atoms with E-state index < -0.39 is 28.2 Å². The van der Waals surface area contributed by atoms with Gasteiger partial charge in [0, 0.05) is 13.1 Å². The van der Waals surface area contributed by atoms with Gasteiger partial charge in [-0.05, 0) is 25.0 Å². The van der Waals surface area contributed by atoms with E-state index in [1.54, 1.807) is 6.07 Å². The van der Waals surface area contributed by atoms with Gasteiger partial charge in [0.05, 0.1) is 16.8 Å². The van der Waals surface area contributed by atoms with Crippen LogP contribution < -0.4 is 10.1 Å². The number of nitriles is 1. The minimum absolute atomic E-state index is 0.0642. The third kappa shape index (κ3) is 2.81. The lowest BCUT2D eigenvalue weighted by Crippen LogP contribution is -2.40. The van der Waals surface area contributed by atoms with E-state index in [1.807, 2.05) is 0 Å². The molecule has 1 fully saturated rings. The van der Waals surface area contributed by atoms with Crippen LogP contribution in [-0.4, -0.2) is 32.4 Å². The Labute approximate surface area is 122 Å². The van der Waals surface area contributed by atoms with E-state index in [2.05, 4.69) is 0 Å². The van der Waals surface area contributed by atoms with Crippen LogP contribution in [0.25, 0.3) is 0 Å². The number of halogens is 1. The van der Waals surface area contributed by atoms with Crippen molar-refractivity contribution >= 4 is 22.5 Å². The van der Waals surface area contributed by atoms with Gasteiger partial charge in [0.1, 0.15) is 11.9 Å². The SMILES string of the molecule is N#Cc1c(N(N2CCCC2)[SH](=O)=O)ccc(F)c1C(N)=O. The summed E-state index contributed by atoms with van der Waals surface area (Å²) in [5, 5.41) is 10.7. The lowest BCUT2D eigenvalue weighted by molar-refractivity contribution is 0.0996. The lowest BCUT2D eigenvalue weighted by Gasteiger charge is -2.28. The number of hydrogen-bond acceptors (Lipinski definition) is 5. The average Bonchev–Trinajstić information content (AvgIpc) is 2.93. The molecular weight excluding hydrogens is 299 g/mol. The minimum atomic E-state index is -3.08. The van der Waals surface area contributed by atoms with Crippen molar-refractivity contribution in [1.29, 1.82) is 5.26 Å². The predicted octanol–water partition coefficient (Wildman–Crippen LogP) is 0.140. The molecule has 0 aliphatic carbocycles. The van der Waals surface area contributed by atoms with Gasteiger partial charge in [-0.25, -0.2) is 22.2 Å². The van der Waals surface area contributed by atoms with Crippen LogP contribution in [0.5, 0.6) is 0 Å². The Bertz CT molecular complexity index is 684. The fourth-order valence-corrected chi connectivity index (χ4v) is 3.05. The Morgan fingerprint density at radius 2 is 2.00 bits per heavy atom. The first kappa shape index (κ1) is 15.2. The van der Waals surface area contributed by atoms with Gasteiger partial charge in [-0.3, -0.25) is 4.79 Å². The number of nitrogens with zero attached hydrogens (tertiary/aromatic N) is 3. The Morgan fingerprint density at radius 3 is 2.48 bits per heavy atom. The molecule has 0 atom stereocenters. The molecule has 1 amide bonds. The number of hydrogen-bond donors (Lipinski definition) is 2. The Hall–Kier alpha value is -2.18. The monoisotopic (exact) mass is 312 g/mol. The fourth-order valence-electron chi connectivity index (χ4n) is 2.32. The Kier molecular flexibility index (Phi) is 4.40. The van der Waals surface area contributed by atoms with E-state index in [0.717, 1.165) is 29.4 Å². The van der Waals surface area contributed by atoms with Crippen LogP contribution >= 0.6 is 0 Å². The second-order valence-corrected chi connectivity index (χ2v) is 5.34. The topological polar surface area (TPSA) is 108 Å². The Balaban J connectivity index is 2.63. The van der Waals surface area contributed by atoms with Gasteiger partial charge in [0.2, 0.25) is 10.9 Å². The summed E-state index contributed by atoms with van der Waals surface area (Å²) >= 11 is 0. The fraction of sp³-hybridized carbons (Fsp3) is 0.333. The summed E-state index contributed by atoms with van der Waals surface area (Å²) < 4.78 is 37.6. The van der Waals surface area contributed by atoms with Crippen molar-refractivity contribution in [3.05, 3.63) is 29.1 Å². The van der Waals surface area contributed by atoms with E-state index in [9.17, 15) is 22.9 Å². The molecule has 21 heavy (non-hydrogen) atoms. The van der Waals surface area contributed by atoms with Crippen LogP contribution in [0.15, 0.2) is 12.1 Å². The normalized spacial score (nSPS) is 15.1. The smallest absolute Gasteiger partial charge is 0.253 e. The number of carbonyl (C=O) groups excluding carboxylic acids is 1. The standard InChI is InChI=1S/C12H13FN4O3S/c13-9-3-4-10(8(7-14)11(9)12(15)18)17(21(19)20)16-5-1-2-6-16/h3-4,21H,1-2,5-6H2,(H2,15,18). The van der Waals surface area contributed by atoms with Gasteiger partial charge < -0.3 is 5.73 Å². The molecule has 9 heteroatoms. The number of carbonyl (C=O) groups is 1. The van der Waals surface area contributed by atoms with Crippen LogP contribution in [0, 0.1) is 17.1 Å². The van der Waals surface area contributed by atoms with Gasteiger partial charge in [0.25, 0.3) is 5.91 Å². The molecule has 0 radical (unpaired) electrons. The maximum Gasteiger partial charge on any atom is 0.253 e. The van der Waals surface area contributed by atoms with Gasteiger partial charge in [-0.2, -0.15) is 5.26 Å². The second-order valence-electron chi connectivity index (χ2n) is 4.48. The summed E-state index contributed by atoms with van der Waals surface area (Å²) in [7, 11) is -3.08. The summed E-state index contributed by atoms with van der Waals surface area (Å²) in [4.78, 5) is 11.3. The zero-order valence-electron chi connectivity index (χ0n) is 11.0. The van der Waals surface area contributed by atoms with Gasteiger partial charge in [0.15, 0.2) is 0 Å². The highest BCUT2D eigenvalue weighted by molar-refractivity contribution is 7.73. The largest absolute Gasteiger partial charge is 0.365 e. The number of thiol groups is 1. The van der Waals surface area contributed by atoms with E-state index in [0.29, 0.717) is 13.1 Å². The van der Waals surface area contributed by atoms with E-state index in [1.165, 1.54) is 5.01 Å². The van der Waals surface area contributed by atoms with Crippen molar-refractivity contribution < 1.29 is 17.6 Å². The summed E-state index contributed by atoms with van der Waals surface area (Å²) in [5.41, 5.74) is 4.03. The highest BCUT2D eigenvalue weighted by atomic mass is 32.2. The van der Waals surface area contributed by atoms with Crippen molar-refractivity contribution in [3.63, 3.8) is 0 Å². The van der Waals surface area contributed by atoms with Crippen LogP contribution in [0.3, 0.4) is 0 Å². The number of nitrogens with two attached hydrogens (primary N) is 1. The van der Waals surface area contributed by atoms with Gasteiger partial charge in [-0.15, -0.1) is 0 Å². The molecule has 1 aliphatic rings. The van der Waals surface area contributed by atoms with Crippen LogP contribution in [0.1, 0.15) is 28.8 Å². The predicted molar refractivity (Wildman–Crippen MR) is 73.2 cm³/mol. The molecule has 2 N–H and O–H groups in total. The summed E-state index contributed by atoms with van der Waals surface area (Å²) in [6, 6.07) is 3.75. The Morgan fingerprint density at radius 1 is 1.38 bits per heavy atom. The second kappa shape index (κ2) is 6.07. The molecule has 0 unspecified atom stereocenters. The third-order valence-corrected chi connectivity index (χ3v) is 3.99. The summed E-state index contributed by atoms with van der Waals surface area (Å²) in [6.45, 7) is 0.995. The van der Waals surface area contributed by atoms with E-state index in [4.69, 9.17) is 5.73 Å². The molecule has 1 aromatic rings. The minimum Gasteiger partial charge on any atom is -0.365 e. The number of hydrazine groups is 1. The number of benzene rings is 1. The number of anilines is 1. The maximum atomic E-state index is 13.7. The van der Waals surface area contributed by atoms with E-state index >= 15 is 0 Å². The number of rotatable bonds is 4. The van der Waals surface area contributed by atoms with Crippen molar-refractivity contribution in [3.8, 4) is 6.07 Å². The molecule has 7 nitrogen and oxygen atoms in total. The molecule has 1 heterocycles. The van der Waals surface area contributed by atoms with Gasteiger partial charge >= 0.3 is 0 Å². The highest BCUT2D eigenvalue weighted by Crippen LogP contribution is 2.28. The zero-order chi connectivity index (χ0) is 15.6. The molecule has 1 saturated heterocycles. The molecule has 2 rings (SSSR count). The quantitative estimate of drug-likeness (QED) is 0.769. The molecule has 0 saturated carbocycles. The maximum absolute atomic E-state index is 13.7. The molecule has 0 bridgehead atoms. The molecule has 0 aromatic heterocycles. The lowest BCUT2D eigenvalue weighted by atomic mass is 10.1. The van der Waals surface area contributed by atoms with Crippen LogP contribution in [-0.2, 0) is 10.9 Å². The number of amides is 1. The molecular formula is C12H13FN4O3S. The average molecular weight is 312 g/mol. The summed E-state index contributed by atoms with van der Waals surface area (Å²) in [5.74, 6) is -2.07. The molecule has 112 valence electrons. The first-order valence-corrected chi connectivity index (χ1v) is 7.32. The van der Waals surface area contributed by atoms with Crippen molar-refractivity contribution in [2.75, 3.05) is 17.5 Å².